The van der Waals surface area contributed by atoms with Crippen molar-refractivity contribution in [1.82, 2.24) is 14.8 Å². The number of anilines is 1. The summed E-state index contributed by atoms with van der Waals surface area (Å²) in [5.41, 5.74) is 1.99. The molecule has 1 aliphatic rings. The van der Waals surface area contributed by atoms with Crippen molar-refractivity contribution in [1.29, 1.82) is 0 Å². The van der Waals surface area contributed by atoms with Crippen LogP contribution in [0.5, 0.6) is 0 Å². The Bertz CT molecular complexity index is 691. The topological polar surface area (TPSA) is 100 Å². The number of rotatable bonds is 4. The third kappa shape index (κ3) is 2.81. The number of carbonyl (C=O) groups is 1. The van der Waals surface area contributed by atoms with Crippen LogP contribution in [0, 0.1) is 0 Å². The van der Waals surface area contributed by atoms with Gasteiger partial charge in [0.1, 0.15) is 0 Å². The van der Waals surface area contributed by atoms with Crippen molar-refractivity contribution in [2.24, 2.45) is 0 Å². The molecule has 0 amide bonds. The van der Waals surface area contributed by atoms with Crippen LogP contribution in [0.1, 0.15) is 30.1 Å². The Morgan fingerprint density at radius 3 is 2.77 bits per heavy atom. The minimum atomic E-state index is -2.40. The van der Waals surface area contributed by atoms with Crippen LogP contribution < -0.4 is 5.32 Å². The number of pyridine rings is 1. The van der Waals surface area contributed by atoms with E-state index in [9.17, 15) is 13.9 Å². The Labute approximate surface area is 130 Å². The molecular weight excluding hydrogens is 304 g/mol. The number of aldehydes is 1. The van der Waals surface area contributed by atoms with Crippen LogP contribution in [0.25, 0.3) is 11.0 Å². The molecule has 3 heterocycles. The van der Waals surface area contributed by atoms with E-state index in [1.807, 2.05) is 6.92 Å². The third-order valence-electron chi connectivity index (χ3n) is 4.06. The smallest absolute Gasteiger partial charge is 0.159 e. The van der Waals surface area contributed by atoms with E-state index in [4.69, 9.17) is 0 Å². The zero-order valence-electron chi connectivity index (χ0n) is 12.4. The van der Waals surface area contributed by atoms with E-state index in [0.29, 0.717) is 36.5 Å². The summed E-state index contributed by atoms with van der Waals surface area (Å²) in [4.78, 5) is 15.6. The first kappa shape index (κ1) is 15.3. The number of nitrogens with one attached hydrogen (secondary N) is 1. The monoisotopic (exact) mass is 324 g/mol. The van der Waals surface area contributed by atoms with Gasteiger partial charge in [0.05, 0.1) is 22.8 Å². The highest BCUT2D eigenvalue weighted by atomic mass is 32.3. The average molecular weight is 324 g/mol. The molecule has 1 saturated heterocycles. The highest BCUT2D eigenvalue weighted by Crippen LogP contribution is 2.44. The quantitative estimate of drug-likeness (QED) is 0.747. The van der Waals surface area contributed by atoms with Gasteiger partial charge in [0.25, 0.3) is 0 Å². The van der Waals surface area contributed by atoms with Crippen LogP contribution in [-0.2, 0) is 6.54 Å². The van der Waals surface area contributed by atoms with Crippen molar-refractivity contribution in [3.8, 4) is 0 Å². The summed E-state index contributed by atoms with van der Waals surface area (Å²) >= 11 is 0. The van der Waals surface area contributed by atoms with E-state index in [1.54, 1.807) is 17.1 Å². The second kappa shape index (κ2) is 5.86. The predicted molar refractivity (Wildman–Crippen MR) is 87.8 cm³/mol. The molecular formula is C14H20N4O3S. The van der Waals surface area contributed by atoms with Gasteiger partial charge in [0, 0.05) is 30.3 Å². The Kier molecular flexibility index (Phi) is 4.07. The molecule has 3 N–H and O–H groups in total. The highest BCUT2D eigenvalue weighted by molar-refractivity contribution is 8.24. The van der Waals surface area contributed by atoms with Crippen LogP contribution in [-0.4, -0.2) is 47.7 Å². The van der Waals surface area contributed by atoms with Crippen LogP contribution in [0.15, 0.2) is 12.4 Å². The van der Waals surface area contributed by atoms with E-state index in [2.05, 4.69) is 15.4 Å². The molecule has 0 aromatic carbocycles. The molecule has 0 saturated carbocycles. The first-order valence-corrected chi connectivity index (χ1v) is 9.22. The summed E-state index contributed by atoms with van der Waals surface area (Å²) in [7, 11) is -2.40. The predicted octanol–water partition coefficient (Wildman–Crippen LogP) is 2.59. The molecule has 8 heteroatoms. The number of carbonyl (C=O) groups excluding carboxylic acids is 1. The SMILES string of the molecule is CCn1ncc2c(NC3CCS(O)(O)CC3)c(C=O)cnc21. The summed E-state index contributed by atoms with van der Waals surface area (Å²) < 4.78 is 21.2. The summed E-state index contributed by atoms with van der Waals surface area (Å²) in [6.45, 7) is 2.70. The largest absolute Gasteiger partial charge is 0.381 e. The number of aryl methyl sites for hydroxylation is 1. The molecule has 120 valence electrons. The molecule has 2 aromatic rings. The molecule has 0 bridgehead atoms. The van der Waals surface area contributed by atoms with E-state index >= 15 is 0 Å². The zero-order valence-corrected chi connectivity index (χ0v) is 13.2. The Balaban J connectivity index is 1.92. The molecule has 3 rings (SSSR count). The van der Waals surface area contributed by atoms with Crippen LogP contribution >= 0.6 is 10.6 Å². The lowest BCUT2D eigenvalue weighted by molar-refractivity contribution is 0.112. The van der Waals surface area contributed by atoms with Crippen LogP contribution in [0.2, 0.25) is 0 Å². The lowest BCUT2D eigenvalue weighted by Gasteiger charge is -2.39. The summed E-state index contributed by atoms with van der Waals surface area (Å²) in [5, 5.41) is 8.50. The van der Waals surface area contributed by atoms with Crippen LogP contribution in [0.3, 0.4) is 0 Å². The van der Waals surface area contributed by atoms with Gasteiger partial charge in [0.2, 0.25) is 0 Å². The zero-order chi connectivity index (χ0) is 15.7. The van der Waals surface area contributed by atoms with Gasteiger partial charge in [-0.2, -0.15) is 15.7 Å². The second-order valence-electron chi connectivity index (χ2n) is 5.53. The lowest BCUT2D eigenvalue weighted by Crippen LogP contribution is -2.30. The molecule has 1 aliphatic heterocycles. The van der Waals surface area contributed by atoms with Gasteiger partial charge in [0.15, 0.2) is 11.9 Å². The van der Waals surface area contributed by atoms with Crippen molar-refractivity contribution in [2.45, 2.75) is 32.4 Å². The Morgan fingerprint density at radius 1 is 1.41 bits per heavy atom. The maximum Gasteiger partial charge on any atom is 0.159 e. The average Bonchev–Trinajstić information content (AvgIpc) is 2.93. The summed E-state index contributed by atoms with van der Waals surface area (Å²) in [6, 6.07) is 0.120. The van der Waals surface area contributed by atoms with Gasteiger partial charge in [-0.15, -0.1) is 0 Å². The molecule has 0 aliphatic carbocycles. The first-order valence-electron chi connectivity index (χ1n) is 7.34. The maximum absolute atomic E-state index is 11.3. The second-order valence-corrected chi connectivity index (χ2v) is 7.95. The van der Waals surface area contributed by atoms with Gasteiger partial charge in [-0.25, -0.2) is 9.67 Å². The molecule has 0 spiro atoms. The van der Waals surface area contributed by atoms with E-state index in [1.165, 1.54) is 0 Å². The summed E-state index contributed by atoms with van der Waals surface area (Å²) in [5.74, 6) is 0.813. The number of fused-ring (bicyclic) bond motifs is 1. The minimum Gasteiger partial charge on any atom is -0.381 e. The maximum atomic E-state index is 11.3. The number of hydrogen-bond acceptors (Lipinski definition) is 6. The van der Waals surface area contributed by atoms with Gasteiger partial charge in [-0.1, -0.05) is 0 Å². The fourth-order valence-electron chi connectivity index (χ4n) is 2.78. The molecule has 0 unspecified atom stereocenters. The number of hydrogen-bond donors (Lipinski definition) is 3. The number of aromatic nitrogens is 3. The number of nitrogens with zero attached hydrogens (tertiary/aromatic N) is 3. The van der Waals surface area contributed by atoms with Gasteiger partial charge in [-0.3, -0.25) is 13.9 Å². The van der Waals surface area contributed by atoms with Gasteiger partial charge >= 0.3 is 0 Å². The highest BCUT2D eigenvalue weighted by Gasteiger charge is 2.25. The van der Waals surface area contributed by atoms with Gasteiger partial charge in [-0.05, 0) is 19.8 Å². The van der Waals surface area contributed by atoms with Crippen molar-refractivity contribution in [3.63, 3.8) is 0 Å². The third-order valence-corrected chi connectivity index (χ3v) is 5.84. The molecule has 2 aromatic heterocycles. The lowest BCUT2D eigenvalue weighted by atomic mass is 10.1. The fourth-order valence-corrected chi connectivity index (χ4v) is 4.31. The van der Waals surface area contributed by atoms with E-state index < -0.39 is 10.6 Å². The molecule has 22 heavy (non-hydrogen) atoms. The van der Waals surface area contributed by atoms with Crippen molar-refractivity contribution >= 4 is 33.6 Å². The molecule has 0 radical (unpaired) electrons. The molecule has 1 fully saturated rings. The Hall–Kier alpha value is -1.64. The fraction of sp³-hybridized carbons (Fsp3) is 0.500. The standard InChI is InChI=1S/C14H20N4O3S/c1-2-18-14-12(8-16-18)13(10(9-19)7-15-14)17-11-3-5-22(20,21)6-4-11/h7-9,11,20-21H,2-6H2,1H3,(H,15,17). The normalized spacial score (nSPS) is 20.0. The Morgan fingerprint density at radius 2 is 2.14 bits per heavy atom. The van der Waals surface area contributed by atoms with Crippen molar-refractivity contribution < 1.29 is 13.9 Å². The van der Waals surface area contributed by atoms with E-state index in [-0.39, 0.29) is 6.04 Å². The summed E-state index contributed by atoms with van der Waals surface area (Å²) in [6.07, 6.45) is 5.41. The van der Waals surface area contributed by atoms with Gasteiger partial charge < -0.3 is 5.32 Å². The van der Waals surface area contributed by atoms with Crippen molar-refractivity contribution in [3.05, 3.63) is 18.0 Å². The minimum absolute atomic E-state index is 0.120. The first-order chi connectivity index (χ1) is 10.5. The van der Waals surface area contributed by atoms with Crippen LogP contribution in [0.4, 0.5) is 5.69 Å². The van der Waals surface area contributed by atoms with E-state index in [0.717, 1.165) is 23.0 Å². The molecule has 7 nitrogen and oxygen atoms in total. The molecule has 0 atom stereocenters. The van der Waals surface area contributed by atoms with Crippen molar-refractivity contribution in [2.75, 3.05) is 16.8 Å².